The summed E-state index contributed by atoms with van der Waals surface area (Å²) in [5, 5.41) is 11.2. The zero-order chi connectivity index (χ0) is 19.2. The fourth-order valence-electron chi connectivity index (χ4n) is 2.79. The van der Waals surface area contributed by atoms with E-state index >= 15 is 0 Å². The summed E-state index contributed by atoms with van der Waals surface area (Å²) in [6.45, 7) is 7.63. The molecule has 150 valence electrons. The van der Waals surface area contributed by atoms with E-state index in [1.807, 2.05) is 48.2 Å². The van der Waals surface area contributed by atoms with Crippen molar-refractivity contribution in [2.75, 3.05) is 7.05 Å². The molecular weight excluding hydrogens is 483 g/mol. The van der Waals surface area contributed by atoms with Crippen LogP contribution in [-0.4, -0.2) is 27.8 Å². The van der Waals surface area contributed by atoms with Crippen molar-refractivity contribution < 1.29 is 0 Å². The van der Waals surface area contributed by atoms with E-state index in [1.54, 1.807) is 7.05 Å². The van der Waals surface area contributed by atoms with Gasteiger partial charge in [0.25, 0.3) is 0 Å². The first-order valence-electron chi connectivity index (χ1n) is 9.09. The molecule has 3 heterocycles. The standard InChI is InChI=1S/C20H26N6S.HI/c1-5-17-7-8-18(27-17)13-24-20(21-4)23-12-16-6-9-19(22-11-16)26-15(3)10-14(2)25-26;/h6-11H,5,12-13H2,1-4H3,(H2,21,23,24);1H. The van der Waals surface area contributed by atoms with Gasteiger partial charge in [0.05, 0.1) is 12.2 Å². The molecule has 0 saturated heterocycles. The average Bonchev–Trinajstić information content (AvgIpc) is 3.28. The van der Waals surface area contributed by atoms with Gasteiger partial charge in [-0.3, -0.25) is 4.99 Å². The number of thiophene rings is 1. The van der Waals surface area contributed by atoms with Gasteiger partial charge in [-0.15, -0.1) is 35.3 Å². The third-order valence-electron chi connectivity index (χ3n) is 4.22. The number of halogens is 1. The molecule has 0 saturated carbocycles. The smallest absolute Gasteiger partial charge is 0.191 e. The van der Waals surface area contributed by atoms with E-state index in [9.17, 15) is 0 Å². The van der Waals surface area contributed by atoms with Crippen LogP contribution in [0.25, 0.3) is 5.82 Å². The van der Waals surface area contributed by atoms with Gasteiger partial charge in [0.2, 0.25) is 0 Å². The summed E-state index contributed by atoms with van der Waals surface area (Å²) in [6, 6.07) is 10.5. The highest BCUT2D eigenvalue weighted by Crippen LogP contribution is 2.16. The van der Waals surface area contributed by atoms with Crippen LogP contribution in [0.1, 0.15) is 33.6 Å². The SMILES string of the molecule is CCc1ccc(CNC(=NC)NCc2ccc(-n3nc(C)cc3C)nc2)s1.I. The molecule has 28 heavy (non-hydrogen) atoms. The van der Waals surface area contributed by atoms with Crippen LogP contribution in [0, 0.1) is 13.8 Å². The predicted octanol–water partition coefficient (Wildman–Crippen LogP) is 3.99. The van der Waals surface area contributed by atoms with Crippen molar-refractivity contribution in [2.45, 2.75) is 40.3 Å². The van der Waals surface area contributed by atoms with Crippen molar-refractivity contribution in [3.63, 3.8) is 0 Å². The molecule has 0 aliphatic carbocycles. The number of guanidine groups is 1. The first-order valence-corrected chi connectivity index (χ1v) is 9.91. The Kier molecular flexibility index (Phi) is 8.43. The maximum Gasteiger partial charge on any atom is 0.191 e. The number of aryl methyl sites for hydroxylation is 3. The molecule has 0 amide bonds. The lowest BCUT2D eigenvalue weighted by Crippen LogP contribution is -2.36. The minimum Gasteiger partial charge on any atom is -0.352 e. The second-order valence-electron chi connectivity index (χ2n) is 6.36. The summed E-state index contributed by atoms with van der Waals surface area (Å²) >= 11 is 1.84. The Morgan fingerprint density at radius 2 is 1.86 bits per heavy atom. The number of aromatic nitrogens is 3. The Morgan fingerprint density at radius 3 is 2.43 bits per heavy atom. The van der Waals surface area contributed by atoms with E-state index in [0.717, 1.165) is 41.7 Å². The van der Waals surface area contributed by atoms with Crippen molar-refractivity contribution in [3.05, 3.63) is 63.2 Å². The average molecular weight is 510 g/mol. The normalized spacial score (nSPS) is 11.2. The molecule has 0 spiro atoms. The topological polar surface area (TPSA) is 67.1 Å². The molecule has 6 nitrogen and oxygen atoms in total. The van der Waals surface area contributed by atoms with Crippen LogP contribution in [0.4, 0.5) is 0 Å². The van der Waals surface area contributed by atoms with Crippen LogP contribution in [0.3, 0.4) is 0 Å². The molecule has 0 aromatic carbocycles. The molecule has 0 bridgehead atoms. The van der Waals surface area contributed by atoms with Crippen molar-refractivity contribution >= 4 is 41.3 Å². The lowest BCUT2D eigenvalue weighted by molar-refractivity contribution is 0.792. The van der Waals surface area contributed by atoms with Crippen LogP contribution in [0.2, 0.25) is 0 Å². The van der Waals surface area contributed by atoms with Gasteiger partial charge in [0, 0.05) is 35.2 Å². The van der Waals surface area contributed by atoms with E-state index in [1.165, 1.54) is 9.75 Å². The number of hydrogen-bond acceptors (Lipinski definition) is 4. The van der Waals surface area contributed by atoms with E-state index in [4.69, 9.17) is 0 Å². The Hall–Kier alpha value is -1.94. The second-order valence-corrected chi connectivity index (χ2v) is 7.62. The molecule has 0 fully saturated rings. The van der Waals surface area contributed by atoms with Gasteiger partial charge in [0.1, 0.15) is 0 Å². The van der Waals surface area contributed by atoms with Crippen LogP contribution in [-0.2, 0) is 19.5 Å². The van der Waals surface area contributed by atoms with Crippen molar-refractivity contribution in [3.8, 4) is 5.82 Å². The maximum atomic E-state index is 4.53. The molecule has 0 unspecified atom stereocenters. The lowest BCUT2D eigenvalue weighted by atomic mass is 10.3. The summed E-state index contributed by atoms with van der Waals surface area (Å²) in [5.41, 5.74) is 3.16. The summed E-state index contributed by atoms with van der Waals surface area (Å²) < 4.78 is 1.86. The maximum absolute atomic E-state index is 4.53. The number of aliphatic imine (C=N–C) groups is 1. The number of rotatable bonds is 6. The van der Waals surface area contributed by atoms with Crippen molar-refractivity contribution in [1.82, 2.24) is 25.4 Å². The molecule has 0 aliphatic rings. The quantitative estimate of drug-likeness (QED) is 0.299. The first kappa shape index (κ1) is 22.4. The minimum atomic E-state index is 0. The van der Waals surface area contributed by atoms with E-state index in [0.29, 0.717) is 6.54 Å². The largest absolute Gasteiger partial charge is 0.352 e. The van der Waals surface area contributed by atoms with Crippen molar-refractivity contribution in [2.24, 2.45) is 4.99 Å². The van der Waals surface area contributed by atoms with Gasteiger partial charge < -0.3 is 10.6 Å². The van der Waals surface area contributed by atoms with E-state index in [2.05, 4.69) is 50.8 Å². The third kappa shape index (κ3) is 5.78. The Balaban J connectivity index is 0.00000280. The highest BCUT2D eigenvalue weighted by Gasteiger charge is 2.06. The van der Waals surface area contributed by atoms with Crippen molar-refractivity contribution in [1.29, 1.82) is 0 Å². The fourth-order valence-corrected chi connectivity index (χ4v) is 3.69. The molecule has 2 N–H and O–H groups in total. The fraction of sp³-hybridized carbons (Fsp3) is 0.350. The lowest BCUT2D eigenvalue weighted by Gasteiger charge is -2.11. The summed E-state index contributed by atoms with van der Waals surface area (Å²) in [6.07, 6.45) is 2.96. The second kappa shape index (κ2) is 10.6. The van der Waals surface area contributed by atoms with Crippen LogP contribution in [0.5, 0.6) is 0 Å². The van der Waals surface area contributed by atoms with Crippen LogP contribution >= 0.6 is 35.3 Å². The van der Waals surface area contributed by atoms with Gasteiger partial charge in [-0.05, 0) is 50.1 Å². The molecule has 0 atom stereocenters. The highest BCUT2D eigenvalue weighted by molar-refractivity contribution is 14.0. The molecule has 3 aromatic rings. The van der Waals surface area contributed by atoms with Crippen LogP contribution < -0.4 is 10.6 Å². The Morgan fingerprint density at radius 1 is 1.11 bits per heavy atom. The number of nitrogens with zero attached hydrogens (tertiary/aromatic N) is 4. The van der Waals surface area contributed by atoms with Gasteiger partial charge in [0.15, 0.2) is 11.8 Å². The predicted molar refractivity (Wildman–Crippen MR) is 127 cm³/mol. The minimum absolute atomic E-state index is 0. The van der Waals surface area contributed by atoms with Gasteiger partial charge in [-0.1, -0.05) is 13.0 Å². The monoisotopic (exact) mass is 510 g/mol. The number of hydrogen-bond donors (Lipinski definition) is 2. The molecule has 3 rings (SSSR count). The summed E-state index contributed by atoms with van der Waals surface area (Å²) in [4.78, 5) is 11.5. The first-order chi connectivity index (χ1) is 13.1. The van der Waals surface area contributed by atoms with Gasteiger partial charge >= 0.3 is 0 Å². The molecule has 0 radical (unpaired) electrons. The Bertz CT molecular complexity index is 913. The van der Waals surface area contributed by atoms with Gasteiger partial charge in [-0.25, -0.2) is 9.67 Å². The summed E-state index contributed by atoms with van der Waals surface area (Å²) in [7, 11) is 1.78. The van der Waals surface area contributed by atoms with Crippen LogP contribution in [0.15, 0.2) is 41.5 Å². The Labute approximate surface area is 187 Å². The van der Waals surface area contributed by atoms with Gasteiger partial charge in [-0.2, -0.15) is 5.10 Å². The molecule has 8 heteroatoms. The summed E-state index contributed by atoms with van der Waals surface area (Å²) in [5.74, 6) is 1.61. The highest BCUT2D eigenvalue weighted by atomic mass is 127. The zero-order valence-electron chi connectivity index (χ0n) is 16.7. The zero-order valence-corrected chi connectivity index (χ0v) is 19.8. The number of pyridine rings is 1. The third-order valence-corrected chi connectivity index (χ3v) is 5.44. The molecule has 0 aliphatic heterocycles. The number of nitrogens with one attached hydrogen (secondary N) is 2. The van der Waals surface area contributed by atoms with E-state index in [-0.39, 0.29) is 24.0 Å². The molecule has 3 aromatic heterocycles. The van der Waals surface area contributed by atoms with E-state index < -0.39 is 0 Å². The molecular formula is C20H27IN6S.